The summed E-state index contributed by atoms with van der Waals surface area (Å²) in [5.74, 6) is -0.0829. The van der Waals surface area contributed by atoms with E-state index in [-0.39, 0.29) is 36.4 Å². The van der Waals surface area contributed by atoms with Gasteiger partial charge in [-0.25, -0.2) is 15.0 Å². The van der Waals surface area contributed by atoms with E-state index >= 15 is 0 Å². The number of rotatable bonds is 7. The second kappa shape index (κ2) is 12.9. The quantitative estimate of drug-likeness (QED) is 0.332. The Bertz CT molecular complexity index is 1450. The molecule has 1 aromatic carbocycles. The number of aromatic nitrogens is 3. The topological polar surface area (TPSA) is 101 Å². The molecular formula is C32H37F3N6O3. The minimum Gasteiger partial charge on any atom is -0.460 e. The van der Waals surface area contributed by atoms with Crippen LogP contribution >= 0.6 is 0 Å². The van der Waals surface area contributed by atoms with Gasteiger partial charge in [0.2, 0.25) is 0 Å². The molecule has 3 aromatic rings. The molecule has 2 saturated heterocycles. The lowest BCUT2D eigenvalue weighted by Crippen LogP contribution is -2.40. The van der Waals surface area contributed by atoms with Crippen LogP contribution in [0, 0.1) is 5.92 Å². The third-order valence-electron chi connectivity index (χ3n) is 7.86. The summed E-state index contributed by atoms with van der Waals surface area (Å²) in [6, 6.07) is 9.45. The Hall–Kier alpha value is -4.06. The number of halogens is 3. The molecule has 0 bridgehead atoms. The number of anilines is 2. The van der Waals surface area contributed by atoms with E-state index < -0.39 is 23.7 Å². The van der Waals surface area contributed by atoms with Crippen molar-refractivity contribution in [3.05, 3.63) is 66.2 Å². The van der Waals surface area contributed by atoms with E-state index in [9.17, 15) is 22.8 Å². The van der Waals surface area contributed by atoms with Crippen LogP contribution in [-0.4, -0.2) is 69.2 Å². The van der Waals surface area contributed by atoms with Crippen LogP contribution in [-0.2, 0) is 16.1 Å². The number of nitrogens with zero attached hydrogens (tertiary/aromatic N) is 5. The van der Waals surface area contributed by atoms with Crippen LogP contribution in [0.15, 0.2) is 55.0 Å². The predicted molar refractivity (Wildman–Crippen MR) is 160 cm³/mol. The Morgan fingerprint density at radius 2 is 1.68 bits per heavy atom. The fourth-order valence-electron chi connectivity index (χ4n) is 5.69. The first-order valence-electron chi connectivity index (χ1n) is 14.8. The van der Waals surface area contributed by atoms with E-state index in [0.29, 0.717) is 55.8 Å². The van der Waals surface area contributed by atoms with E-state index in [1.54, 1.807) is 12.3 Å². The van der Waals surface area contributed by atoms with E-state index in [2.05, 4.69) is 20.3 Å². The molecule has 1 atom stereocenters. The molecule has 234 valence electrons. The predicted octanol–water partition coefficient (Wildman–Crippen LogP) is 5.88. The number of likely N-dealkylation sites (tertiary alicyclic amines) is 1. The van der Waals surface area contributed by atoms with E-state index in [4.69, 9.17) is 4.74 Å². The number of hydrogen-bond acceptors (Lipinski definition) is 8. The lowest BCUT2D eigenvalue weighted by atomic mass is 9.96. The van der Waals surface area contributed by atoms with Crippen LogP contribution in [0.4, 0.5) is 24.8 Å². The third-order valence-corrected chi connectivity index (χ3v) is 7.86. The minimum absolute atomic E-state index is 0.0647. The maximum atomic E-state index is 13.7. The summed E-state index contributed by atoms with van der Waals surface area (Å²) < 4.78 is 46.6. The maximum Gasteiger partial charge on any atom is 0.404 e. The number of nitrogens with one attached hydrogen (secondary N) is 1. The summed E-state index contributed by atoms with van der Waals surface area (Å²) in [6.45, 7) is 7.17. The Morgan fingerprint density at radius 1 is 0.955 bits per heavy atom. The molecule has 12 heteroatoms. The second-order valence-corrected chi connectivity index (χ2v) is 12.3. The second-order valence-electron chi connectivity index (χ2n) is 12.3. The van der Waals surface area contributed by atoms with Crippen molar-refractivity contribution in [2.24, 2.45) is 5.92 Å². The summed E-state index contributed by atoms with van der Waals surface area (Å²) in [6.07, 6.45) is 1.96. The number of hydrogen-bond donors (Lipinski definition) is 1. The summed E-state index contributed by atoms with van der Waals surface area (Å²) in [7, 11) is 0. The van der Waals surface area contributed by atoms with Gasteiger partial charge >= 0.3 is 12.1 Å². The van der Waals surface area contributed by atoms with E-state index in [1.807, 2.05) is 56.0 Å². The molecule has 1 N–H and O–H groups in total. The normalized spacial score (nSPS) is 18.3. The standard InChI is InChI=1S/C32H37F3N6O3/c1-31(2,3)44-30(43)22-11-14-40(15-12-22)28-19-36-25(18-38-28)29(42)39-27-16-23(20-41-13-7-10-26(41)32(33,34)35)24(17-37-27)21-8-5-4-6-9-21/h4-6,8-9,16-19,22,26H,7,10-15,20H2,1-3H3,(H,37,39,42)/t26-/m0/s1. The molecule has 0 spiro atoms. The number of carbonyl (C=O) groups is 2. The highest BCUT2D eigenvalue weighted by atomic mass is 19.4. The first-order valence-corrected chi connectivity index (χ1v) is 14.8. The number of esters is 1. The van der Waals surface area contributed by atoms with Crippen molar-refractivity contribution in [2.45, 2.75) is 70.8 Å². The maximum absolute atomic E-state index is 13.7. The molecule has 44 heavy (non-hydrogen) atoms. The van der Waals surface area contributed by atoms with Gasteiger partial charge in [-0.15, -0.1) is 0 Å². The van der Waals surface area contributed by atoms with Gasteiger partial charge in [0.15, 0.2) is 0 Å². The van der Waals surface area contributed by atoms with Crippen molar-refractivity contribution >= 4 is 23.5 Å². The summed E-state index contributed by atoms with van der Waals surface area (Å²) >= 11 is 0. The van der Waals surface area contributed by atoms with Crippen molar-refractivity contribution in [1.29, 1.82) is 0 Å². The molecule has 2 aliphatic rings. The van der Waals surface area contributed by atoms with Crippen molar-refractivity contribution < 1.29 is 27.5 Å². The summed E-state index contributed by atoms with van der Waals surface area (Å²) in [4.78, 5) is 42.0. The molecule has 5 rings (SSSR count). The highest BCUT2D eigenvalue weighted by Gasteiger charge is 2.45. The van der Waals surface area contributed by atoms with Gasteiger partial charge in [0.25, 0.3) is 5.91 Å². The number of benzene rings is 1. The number of alkyl halides is 3. The molecule has 1 amide bonds. The smallest absolute Gasteiger partial charge is 0.404 e. The number of piperidine rings is 1. The minimum atomic E-state index is -4.31. The van der Waals surface area contributed by atoms with Crippen LogP contribution in [0.1, 0.15) is 62.5 Å². The van der Waals surface area contributed by atoms with Crippen LogP contribution < -0.4 is 10.2 Å². The third kappa shape index (κ3) is 7.71. The van der Waals surface area contributed by atoms with Gasteiger partial charge in [0.1, 0.15) is 29.0 Å². The molecule has 0 radical (unpaired) electrons. The number of pyridine rings is 1. The molecule has 0 saturated carbocycles. The Kier molecular flexibility index (Phi) is 9.19. The Balaban J connectivity index is 1.26. The van der Waals surface area contributed by atoms with Crippen LogP contribution in [0.25, 0.3) is 11.1 Å². The monoisotopic (exact) mass is 610 g/mol. The molecule has 4 heterocycles. The average Bonchev–Trinajstić information content (AvgIpc) is 3.46. The average molecular weight is 611 g/mol. The fraction of sp³-hybridized carbons (Fsp3) is 0.469. The zero-order valence-electron chi connectivity index (χ0n) is 25.1. The van der Waals surface area contributed by atoms with Gasteiger partial charge in [-0.05, 0) is 70.2 Å². The largest absolute Gasteiger partial charge is 0.460 e. The number of ether oxygens (including phenoxy) is 1. The highest BCUT2D eigenvalue weighted by molar-refractivity contribution is 6.02. The van der Waals surface area contributed by atoms with Gasteiger partial charge in [-0.3, -0.25) is 14.5 Å². The molecule has 9 nitrogen and oxygen atoms in total. The number of carbonyl (C=O) groups excluding carboxylic acids is 2. The van der Waals surface area contributed by atoms with Crippen LogP contribution in [0.3, 0.4) is 0 Å². The molecular weight excluding hydrogens is 573 g/mol. The van der Waals surface area contributed by atoms with Gasteiger partial charge in [0.05, 0.1) is 18.3 Å². The fourth-order valence-corrected chi connectivity index (χ4v) is 5.69. The summed E-state index contributed by atoms with van der Waals surface area (Å²) in [5.41, 5.74) is 1.71. The summed E-state index contributed by atoms with van der Waals surface area (Å²) in [5, 5.41) is 2.72. The Morgan fingerprint density at radius 3 is 2.32 bits per heavy atom. The number of amides is 1. The first kappa shape index (κ1) is 31.4. The lowest BCUT2D eigenvalue weighted by molar-refractivity contribution is -0.177. The van der Waals surface area contributed by atoms with Gasteiger partial charge < -0.3 is 15.0 Å². The van der Waals surface area contributed by atoms with Gasteiger partial charge in [-0.2, -0.15) is 13.2 Å². The Labute approximate surface area is 254 Å². The van der Waals surface area contributed by atoms with E-state index in [0.717, 1.165) is 5.56 Å². The zero-order valence-corrected chi connectivity index (χ0v) is 25.1. The van der Waals surface area contributed by atoms with Crippen molar-refractivity contribution in [1.82, 2.24) is 19.9 Å². The van der Waals surface area contributed by atoms with Gasteiger partial charge in [0, 0.05) is 31.4 Å². The molecule has 2 aliphatic heterocycles. The van der Waals surface area contributed by atoms with Crippen molar-refractivity contribution in [3.63, 3.8) is 0 Å². The van der Waals surface area contributed by atoms with Crippen LogP contribution in [0.2, 0.25) is 0 Å². The van der Waals surface area contributed by atoms with Crippen molar-refractivity contribution in [2.75, 3.05) is 29.9 Å². The highest BCUT2D eigenvalue weighted by Crippen LogP contribution is 2.35. The molecule has 0 aliphatic carbocycles. The van der Waals surface area contributed by atoms with Crippen molar-refractivity contribution in [3.8, 4) is 11.1 Å². The van der Waals surface area contributed by atoms with E-state index in [1.165, 1.54) is 17.3 Å². The van der Waals surface area contributed by atoms with Gasteiger partial charge in [-0.1, -0.05) is 30.3 Å². The molecule has 2 aromatic heterocycles. The molecule has 2 fully saturated rings. The first-order chi connectivity index (χ1) is 20.9. The molecule has 0 unspecified atom stereocenters. The van der Waals surface area contributed by atoms with Crippen LogP contribution in [0.5, 0.6) is 0 Å². The lowest BCUT2D eigenvalue weighted by Gasteiger charge is -2.33. The zero-order chi connectivity index (χ0) is 31.5. The SMILES string of the molecule is CC(C)(C)OC(=O)C1CCN(c2cnc(C(=O)Nc3cc(CN4CCC[C@H]4C(F)(F)F)c(-c4ccccc4)cn3)cn2)CC1.